The lowest BCUT2D eigenvalue weighted by Gasteiger charge is -2.32. The van der Waals surface area contributed by atoms with E-state index in [2.05, 4.69) is 23.1 Å². The minimum atomic E-state index is -0.153. The molecule has 0 radical (unpaired) electrons. The van der Waals surface area contributed by atoms with Crippen LogP contribution in [0.5, 0.6) is 0 Å². The maximum atomic E-state index is 9.56. The van der Waals surface area contributed by atoms with E-state index in [0.717, 1.165) is 39.0 Å². The number of piperidine rings is 1. The van der Waals surface area contributed by atoms with Crippen molar-refractivity contribution in [1.82, 2.24) is 14.7 Å². The topological polar surface area (TPSA) is 41.3 Å². The van der Waals surface area contributed by atoms with Gasteiger partial charge in [-0.3, -0.25) is 9.58 Å². The first-order valence-corrected chi connectivity index (χ1v) is 6.60. The number of rotatable bonds is 4. The minimum absolute atomic E-state index is 0.153. The van der Waals surface area contributed by atoms with E-state index in [-0.39, 0.29) is 6.10 Å². The summed E-state index contributed by atoms with van der Waals surface area (Å²) >= 11 is 0. The van der Waals surface area contributed by atoms with Crippen molar-refractivity contribution in [2.45, 2.75) is 45.9 Å². The van der Waals surface area contributed by atoms with Gasteiger partial charge in [-0.15, -0.1) is 0 Å². The van der Waals surface area contributed by atoms with Crippen LogP contribution in [0.4, 0.5) is 0 Å². The molecule has 0 aromatic carbocycles. The summed E-state index contributed by atoms with van der Waals surface area (Å²) in [5.74, 6) is 0.490. The predicted molar refractivity (Wildman–Crippen MR) is 67.6 cm³/mol. The summed E-state index contributed by atoms with van der Waals surface area (Å²) in [7, 11) is 0. The van der Waals surface area contributed by atoms with Gasteiger partial charge in [-0.1, -0.05) is 0 Å². The summed E-state index contributed by atoms with van der Waals surface area (Å²) in [6, 6.07) is 0. The molecule has 0 amide bonds. The van der Waals surface area contributed by atoms with Crippen LogP contribution in [0.2, 0.25) is 0 Å². The zero-order chi connectivity index (χ0) is 12.3. The number of aliphatic hydroxyl groups is 1. The summed E-state index contributed by atoms with van der Waals surface area (Å²) < 4.78 is 1.97. The van der Waals surface area contributed by atoms with E-state index < -0.39 is 0 Å². The highest BCUT2D eigenvalue weighted by atomic mass is 16.3. The molecule has 4 nitrogen and oxygen atoms in total. The molecule has 1 fully saturated rings. The van der Waals surface area contributed by atoms with E-state index in [1.807, 2.05) is 17.8 Å². The van der Waals surface area contributed by atoms with Gasteiger partial charge >= 0.3 is 0 Å². The monoisotopic (exact) mass is 237 g/mol. The number of nitrogens with zero attached hydrogens (tertiary/aromatic N) is 3. The average Bonchev–Trinajstić information content (AvgIpc) is 2.77. The van der Waals surface area contributed by atoms with Gasteiger partial charge in [0, 0.05) is 24.8 Å². The molecule has 2 rings (SSSR count). The molecule has 1 aliphatic rings. The smallest absolute Gasteiger partial charge is 0.0541 e. The lowest BCUT2D eigenvalue weighted by atomic mass is 9.92. The number of aliphatic hydroxyl groups excluding tert-OH is 1. The highest BCUT2D eigenvalue weighted by molar-refractivity contribution is 5.03. The van der Waals surface area contributed by atoms with Crippen molar-refractivity contribution >= 4 is 0 Å². The van der Waals surface area contributed by atoms with Gasteiger partial charge in [0.1, 0.15) is 0 Å². The molecule has 1 saturated heterocycles. The number of aryl methyl sites for hydroxylation is 1. The minimum Gasteiger partial charge on any atom is -0.393 e. The van der Waals surface area contributed by atoms with Gasteiger partial charge in [-0.25, -0.2) is 0 Å². The molecule has 96 valence electrons. The molecular weight excluding hydrogens is 214 g/mol. The van der Waals surface area contributed by atoms with Gasteiger partial charge in [0.05, 0.1) is 12.3 Å². The molecule has 0 aliphatic carbocycles. The Morgan fingerprint density at radius 3 is 2.71 bits per heavy atom. The van der Waals surface area contributed by atoms with E-state index in [0.29, 0.717) is 5.92 Å². The molecule has 1 atom stereocenters. The van der Waals surface area contributed by atoms with Gasteiger partial charge in [-0.2, -0.15) is 5.10 Å². The molecule has 1 unspecified atom stereocenters. The first-order chi connectivity index (χ1) is 8.19. The molecule has 1 N–H and O–H groups in total. The van der Waals surface area contributed by atoms with Crippen molar-refractivity contribution in [2.24, 2.45) is 5.92 Å². The second kappa shape index (κ2) is 5.65. The summed E-state index contributed by atoms with van der Waals surface area (Å²) in [4.78, 5) is 2.45. The fraction of sp³-hybridized carbons (Fsp3) is 0.769. The van der Waals surface area contributed by atoms with Crippen LogP contribution >= 0.6 is 0 Å². The summed E-state index contributed by atoms with van der Waals surface area (Å²) in [5, 5.41) is 13.8. The fourth-order valence-electron chi connectivity index (χ4n) is 2.51. The average molecular weight is 237 g/mol. The van der Waals surface area contributed by atoms with Crippen molar-refractivity contribution in [3.63, 3.8) is 0 Å². The van der Waals surface area contributed by atoms with Crippen LogP contribution in [0.3, 0.4) is 0 Å². The van der Waals surface area contributed by atoms with Gasteiger partial charge in [0.2, 0.25) is 0 Å². The van der Waals surface area contributed by atoms with Crippen molar-refractivity contribution in [2.75, 3.05) is 13.1 Å². The number of likely N-dealkylation sites (tertiary alicyclic amines) is 1. The summed E-state index contributed by atoms with van der Waals surface area (Å²) in [6.45, 7) is 8.12. The third-order valence-electron chi connectivity index (χ3n) is 3.73. The molecule has 4 heteroatoms. The van der Waals surface area contributed by atoms with Crippen LogP contribution in [-0.4, -0.2) is 39.0 Å². The van der Waals surface area contributed by atoms with E-state index in [9.17, 15) is 5.11 Å². The molecule has 2 heterocycles. The van der Waals surface area contributed by atoms with Crippen LogP contribution in [0.1, 0.15) is 32.3 Å². The lowest BCUT2D eigenvalue weighted by molar-refractivity contribution is 0.0695. The molecular formula is C13H23N3O. The Labute approximate surface area is 103 Å². The summed E-state index contributed by atoms with van der Waals surface area (Å²) in [5.41, 5.74) is 1.29. The molecule has 0 bridgehead atoms. The van der Waals surface area contributed by atoms with Crippen molar-refractivity contribution in [3.05, 3.63) is 18.0 Å². The Kier molecular flexibility index (Phi) is 4.18. The third kappa shape index (κ3) is 3.30. The molecule has 0 saturated carbocycles. The number of aromatic nitrogens is 2. The Morgan fingerprint density at radius 1 is 1.47 bits per heavy atom. The molecule has 17 heavy (non-hydrogen) atoms. The van der Waals surface area contributed by atoms with Crippen LogP contribution in [0.15, 0.2) is 12.4 Å². The second-order valence-corrected chi connectivity index (χ2v) is 5.06. The van der Waals surface area contributed by atoms with E-state index in [4.69, 9.17) is 0 Å². The van der Waals surface area contributed by atoms with Gasteiger partial charge in [0.15, 0.2) is 0 Å². The normalized spacial score (nSPS) is 20.6. The van der Waals surface area contributed by atoms with Crippen molar-refractivity contribution < 1.29 is 5.11 Å². The lowest BCUT2D eigenvalue weighted by Crippen LogP contribution is -2.36. The standard InChI is InChI=1S/C13H23N3O/c1-3-16-10-12(8-14-16)9-15-6-4-13(5-7-15)11(2)17/h8,10-11,13,17H,3-7,9H2,1-2H3. The van der Waals surface area contributed by atoms with E-state index in [1.165, 1.54) is 5.56 Å². The van der Waals surface area contributed by atoms with Crippen LogP contribution in [-0.2, 0) is 13.1 Å². The zero-order valence-electron chi connectivity index (χ0n) is 10.8. The first kappa shape index (κ1) is 12.6. The highest BCUT2D eigenvalue weighted by Gasteiger charge is 2.22. The maximum Gasteiger partial charge on any atom is 0.0541 e. The second-order valence-electron chi connectivity index (χ2n) is 5.06. The zero-order valence-corrected chi connectivity index (χ0v) is 10.8. The Hall–Kier alpha value is -0.870. The third-order valence-corrected chi connectivity index (χ3v) is 3.73. The SMILES string of the molecule is CCn1cc(CN2CCC(C(C)O)CC2)cn1. The van der Waals surface area contributed by atoms with E-state index in [1.54, 1.807) is 0 Å². The highest BCUT2D eigenvalue weighted by Crippen LogP contribution is 2.21. The van der Waals surface area contributed by atoms with Gasteiger partial charge < -0.3 is 5.11 Å². The maximum absolute atomic E-state index is 9.56. The van der Waals surface area contributed by atoms with Crippen molar-refractivity contribution in [1.29, 1.82) is 0 Å². The van der Waals surface area contributed by atoms with Gasteiger partial charge in [-0.05, 0) is 45.7 Å². The first-order valence-electron chi connectivity index (χ1n) is 6.60. The largest absolute Gasteiger partial charge is 0.393 e. The van der Waals surface area contributed by atoms with Gasteiger partial charge in [0.25, 0.3) is 0 Å². The molecule has 1 aromatic heterocycles. The number of hydrogen-bond donors (Lipinski definition) is 1. The van der Waals surface area contributed by atoms with Crippen LogP contribution in [0.25, 0.3) is 0 Å². The van der Waals surface area contributed by atoms with Crippen LogP contribution in [0, 0.1) is 5.92 Å². The fourth-order valence-corrected chi connectivity index (χ4v) is 2.51. The molecule has 1 aliphatic heterocycles. The molecule has 0 spiro atoms. The number of hydrogen-bond acceptors (Lipinski definition) is 3. The van der Waals surface area contributed by atoms with E-state index >= 15 is 0 Å². The summed E-state index contributed by atoms with van der Waals surface area (Å²) in [6.07, 6.45) is 6.16. The van der Waals surface area contributed by atoms with Crippen molar-refractivity contribution in [3.8, 4) is 0 Å². The Morgan fingerprint density at radius 2 is 2.18 bits per heavy atom. The predicted octanol–water partition coefficient (Wildman–Crippen LogP) is 1.50. The molecule has 1 aromatic rings. The Balaban J connectivity index is 1.81. The Bertz CT molecular complexity index is 340. The quantitative estimate of drug-likeness (QED) is 0.862. The van der Waals surface area contributed by atoms with Crippen LogP contribution < -0.4 is 0 Å².